The molecule has 1 aromatic carbocycles. The van der Waals surface area contributed by atoms with Crippen LogP contribution in [0.2, 0.25) is 5.02 Å². The van der Waals surface area contributed by atoms with E-state index >= 15 is 0 Å². The minimum atomic E-state index is 0.0984. The van der Waals surface area contributed by atoms with Crippen molar-refractivity contribution in [2.45, 2.75) is 13.3 Å². The van der Waals surface area contributed by atoms with Gasteiger partial charge in [0.15, 0.2) is 5.12 Å². The van der Waals surface area contributed by atoms with Gasteiger partial charge in [0.2, 0.25) is 0 Å². The van der Waals surface area contributed by atoms with Gasteiger partial charge in [-0.15, -0.1) is 0 Å². The molecule has 0 unspecified atom stereocenters. The van der Waals surface area contributed by atoms with E-state index in [-0.39, 0.29) is 5.12 Å². The summed E-state index contributed by atoms with van der Waals surface area (Å²) in [6.45, 7) is 1.54. The molecule has 1 rings (SSSR count). The van der Waals surface area contributed by atoms with Crippen LogP contribution >= 0.6 is 23.4 Å². The lowest BCUT2D eigenvalue weighted by molar-refractivity contribution is -0.109. The second-order valence-corrected chi connectivity index (χ2v) is 4.94. The molecular formula is C13H10ClNOS. The number of carbonyl (C=O) groups is 1. The Morgan fingerprint density at radius 2 is 2.12 bits per heavy atom. The van der Waals surface area contributed by atoms with Gasteiger partial charge in [0, 0.05) is 29.7 Å². The van der Waals surface area contributed by atoms with E-state index in [0.29, 0.717) is 22.8 Å². The third-order valence-corrected chi connectivity index (χ3v) is 2.82. The van der Waals surface area contributed by atoms with Crippen molar-refractivity contribution >= 4 is 28.5 Å². The number of benzene rings is 1. The second kappa shape index (κ2) is 7.01. The SMILES string of the molecule is CC(=O)SCCC#Cc1cc(Cl)cc(C#N)c1. The molecule has 17 heavy (non-hydrogen) atoms. The molecular weight excluding hydrogens is 254 g/mol. The summed E-state index contributed by atoms with van der Waals surface area (Å²) < 4.78 is 0. The number of nitriles is 1. The van der Waals surface area contributed by atoms with E-state index in [0.717, 1.165) is 5.56 Å². The Hall–Kier alpha value is -1.42. The molecule has 0 aliphatic rings. The Morgan fingerprint density at radius 3 is 2.76 bits per heavy atom. The number of halogens is 1. The van der Waals surface area contributed by atoms with Crippen molar-refractivity contribution in [3.63, 3.8) is 0 Å². The highest BCUT2D eigenvalue weighted by atomic mass is 35.5. The fourth-order valence-corrected chi connectivity index (χ4v) is 1.86. The van der Waals surface area contributed by atoms with Gasteiger partial charge in [0.05, 0.1) is 11.6 Å². The van der Waals surface area contributed by atoms with Gasteiger partial charge in [-0.2, -0.15) is 5.26 Å². The van der Waals surface area contributed by atoms with E-state index in [4.69, 9.17) is 16.9 Å². The number of rotatable bonds is 2. The zero-order chi connectivity index (χ0) is 12.7. The van der Waals surface area contributed by atoms with Crippen LogP contribution in [0.3, 0.4) is 0 Å². The molecule has 0 fully saturated rings. The Labute approximate surface area is 110 Å². The lowest BCUT2D eigenvalue weighted by atomic mass is 10.1. The molecule has 0 saturated heterocycles. The van der Waals surface area contributed by atoms with Crippen LogP contribution in [0.1, 0.15) is 24.5 Å². The van der Waals surface area contributed by atoms with E-state index in [1.54, 1.807) is 18.2 Å². The third kappa shape index (κ3) is 5.45. The van der Waals surface area contributed by atoms with Gasteiger partial charge in [0.25, 0.3) is 0 Å². The van der Waals surface area contributed by atoms with Gasteiger partial charge < -0.3 is 0 Å². The molecule has 0 heterocycles. The van der Waals surface area contributed by atoms with Crippen molar-refractivity contribution < 1.29 is 4.79 Å². The summed E-state index contributed by atoms with van der Waals surface area (Å²) in [5, 5.41) is 9.36. The van der Waals surface area contributed by atoms with E-state index in [1.165, 1.54) is 18.7 Å². The Balaban J connectivity index is 2.63. The molecule has 0 bridgehead atoms. The van der Waals surface area contributed by atoms with E-state index in [1.807, 2.05) is 6.07 Å². The molecule has 0 N–H and O–H groups in total. The highest BCUT2D eigenvalue weighted by Gasteiger charge is 1.96. The molecule has 4 heteroatoms. The summed E-state index contributed by atoms with van der Waals surface area (Å²) in [6, 6.07) is 7.03. The minimum Gasteiger partial charge on any atom is -0.288 e. The monoisotopic (exact) mass is 263 g/mol. The molecule has 0 amide bonds. The largest absolute Gasteiger partial charge is 0.288 e. The highest BCUT2D eigenvalue weighted by molar-refractivity contribution is 8.13. The van der Waals surface area contributed by atoms with Gasteiger partial charge in [-0.1, -0.05) is 35.2 Å². The van der Waals surface area contributed by atoms with Gasteiger partial charge >= 0.3 is 0 Å². The minimum absolute atomic E-state index is 0.0984. The molecule has 0 atom stereocenters. The first kappa shape index (κ1) is 13.6. The predicted molar refractivity (Wildman–Crippen MR) is 70.8 cm³/mol. The lowest BCUT2D eigenvalue weighted by Crippen LogP contribution is -1.84. The summed E-state index contributed by atoms with van der Waals surface area (Å²) in [4.78, 5) is 10.7. The average molecular weight is 264 g/mol. The molecule has 0 aliphatic heterocycles. The molecule has 0 radical (unpaired) electrons. The molecule has 0 aliphatic carbocycles. The van der Waals surface area contributed by atoms with Crippen LogP contribution < -0.4 is 0 Å². The van der Waals surface area contributed by atoms with Crippen molar-refractivity contribution in [2.24, 2.45) is 0 Å². The molecule has 86 valence electrons. The third-order valence-electron chi connectivity index (χ3n) is 1.79. The Bertz CT molecular complexity index is 522. The van der Waals surface area contributed by atoms with Crippen LogP contribution in [-0.2, 0) is 4.79 Å². The maximum atomic E-state index is 10.7. The van der Waals surface area contributed by atoms with Crippen LogP contribution in [0.5, 0.6) is 0 Å². The first-order chi connectivity index (χ1) is 8.11. The van der Waals surface area contributed by atoms with Gasteiger partial charge in [0.1, 0.15) is 0 Å². The number of hydrogen-bond donors (Lipinski definition) is 0. The number of carbonyl (C=O) groups excluding carboxylic acids is 1. The van der Waals surface area contributed by atoms with Crippen molar-refractivity contribution in [1.82, 2.24) is 0 Å². The predicted octanol–water partition coefficient (Wildman–Crippen LogP) is 3.23. The number of nitrogens with zero attached hydrogens (tertiary/aromatic N) is 1. The van der Waals surface area contributed by atoms with Crippen LogP contribution in [-0.4, -0.2) is 10.9 Å². The summed E-state index contributed by atoms with van der Waals surface area (Å²) >= 11 is 7.10. The van der Waals surface area contributed by atoms with E-state index < -0.39 is 0 Å². The first-order valence-corrected chi connectivity index (χ1v) is 6.31. The smallest absolute Gasteiger partial charge is 0.185 e. The molecule has 2 nitrogen and oxygen atoms in total. The van der Waals surface area contributed by atoms with Gasteiger partial charge in [-0.05, 0) is 18.2 Å². The second-order valence-electron chi connectivity index (χ2n) is 3.23. The van der Waals surface area contributed by atoms with Crippen molar-refractivity contribution in [3.8, 4) is 17.9 Å². The van der Waals surface area contributed by atoms with Crippen LogP contribution in [0.15, 0.2) is 18.2 Å². The molecule has 1 aromatic rings. The average Bonchev–Trinajstić information content (AvgIpc) is 2.27. The van der Waals surface area contributed by atoms with Crippen molar-refractivity contribution in [3.05, 3.63) is 34.3 Å². The van der Waals surface area contributed by atoms with Crippen molar-refractivity contribution in [1.29, 1.82) is 5.26 Å². The summed E-state index contributed by atoms with van der Waals surface area (Å²) in [5.74, 6) is 6.56. The summed E-state index contributed by atoms with van der Waals surface area (Å²) in [6.07, 6.45) is 0.638. The number of hydrogen-bond acceptors (Lipinski definition) is 3. The maximum Gasteiger partial charge on any atom is 0.185 e. The standard InChI is InChI=1S/C13H10ClNOS/c1-10(16)17-5-3-2-4-11-6-12(9-15)8-13(14)7-11/h6-8H,3,5H2,1H3. The zero-order valence-electron chi connectivity index (χ0n) is 9.29. The van der Waals surface area contributed by atoms with Crippen molar-refractivity contribution in [2.75, 3.05) is 5.75 Å². The first-order valence-electron chi connectivity index (χ1n) is 4.95. The van der Waals surface area contributed by atoms with Gasteiger partial charge in [-0.25, -0.2) is 0 Å². The normalized spacial score (nSPS) is 9.00. The molecule has 0 spiro atoms. The molecule has 0 aromatic heterocycles. The van der Waals surface area contributed by atoms with Crippen LogP contribution in [0.25, 0.3) is 0 Å². The Morgan fingerprint density at radius 1 is 1.41 bits per heavy atom. The Kier molecular flexibility index (Phi) is 5.63. The topological polar surface area (TPSA) is 40.9 Å². The fraction of sp³-hybridized carbons (Fsp3) is 0.231. The lowest BCUT2D eigenvalue weighted by Gasteiger charge is -1.94. The fourth-order valence-electron chi connectivity index (χ4n) is 1.14. The van der Waals surface area contributed by atoms with E-state index in [2.05, 4.69) is 11.8 Å². The summed E-state index contributed by atoms with van der Waals surface area (Å²) in [5.41, 5.74) is 1.22. The highest BCUT2D eigenvalue weighted by Crippen LogP contribution is 2.13. The maximum absolute atomic E-state index is 10.7. The number of thioether (sulfide) groups is 1. The van der Waals surface area contributed by atoms with Crippen LogP contribution in [0, 0.1) is 23.2 Å². The zero-order valence-corrected chi connectivity index (χ0v) is 10.9. The van der Waals surface area contributed by atoms with Crippen LogP contribution in [0.4, 0.5) is 0 Å². The van der Waals surface area contributed by atoms with E-state index in [9.17, 15) is 4.79 Å². The van der Waals surface area contributed by atoms with Gasteiger partial charge in [-0.3, -0.25) is 4.79 Å². The quantitative estimate of drug-likeness (QED) is 0.608. The summed E-state index contributed by atoms with van der Waals surface area (Å²) in [7, 11) is 0. The molecule has 0 saturated carbocycles.